The van der Waals surface area contributed by atoms with E-state index in [0.29, 0.717) is 10.3 Å². The summed E-state index contributed by atoms with van der Waals surface area (Å²) in [6.07, 6.45) is 2.92. The van der Waals surface area contributed by atoms with Crippen LogP contribution in [0.4, 0.5) is 0 Å². The fourth-order valence-electron chi connectivity index (χ4n) is 1.21. The van der Waals surface area contributed by atoms with Gasteiger partial charge in [0, 0.05) is 18.0 Å². The highest BCUT2D eigenvalue weighted by Crippen LogP contribution is 2.08. The van der Waals surface area contributed by atoms with Crippen molar-refractivity contribution >= 4 is 21.9 Å². The van der Waals surface area contributed by atoms with Gasteiger partial charge in [-0.2, -0.15) is 0 Å². The van der Waals surface area contributed by atoms with Crippen molar-refractivity contribution in [3.63, 3.8) is 0 Å². The number of hydrogen-bond donors (Lipinski definition) is 1. The molecule has 2 rings (SSSR count). The predicted octanol–water partition coefficient (Wildman–Crippen LogP) is 1.12. The number of nitrogens with zero attached hydrogens (tertiary/aromatic N) is 3. The number of fused-ring (bicyclic) bond motifs is 1. The maximum absolute atomic E-state index is 11.4. The third-order valence-electron chi connectivity index (χ3n) is 1.95. The molecule has 0 atom stereocenters. The zero-order chi connectivity index (χ0) is 9.97. The van der Waals surface area contributed by atoms with Crippen molar-refractivity contribution < 1.29 is 0 Å². The summed E-state index contributed by atoms with van der Waals surface area (Å²) < 4.78 is 3.69. The molecule has 0 spiro atoms. The summed E-state index contributed by atoms with van der Waals surface area (Å²) in [5.41, 5.74) is 0.158. The van der Waals surface area contributed by atoms with Crippen molar-refractivity contribution in [2.75, 3.05) is 0 Å². The van der Waals surface area contributed by atoms with Gasteiger partial charge in [-0.1, -0.05) is 17.8 Å². The second kappa shape index (κ2) is 3.83. The molecule has 0 aliphatic heterocycles. The van der Waals surface area contributed by atoms with Gasteiger partial charge in [-0.05, 0) is 6.42 Å². The molecule has 0 radical (unpaired) electrons. The van der Waals surface area contributed by atoms with Crippen molar-refractivity contribution in [1.82, 2.24) is 19.6 Å². The van der Waals surface area contributed by atoms with Crippen molar-refractivity contribution in [3.05, 3.63) is 16.2 Å². The molecule has 0 unspecified atom stereocenters. The number of aryl methyl sites for hydroxylation is 1. The Balaban J connectivity index is 2.43. The van der Waals surface area contributed by atoms with Gasteiger partial charge in [0.1, 0.15) is 5.82 Å². The average Bonchev–Trinajstić information content (AvgIpc) is 2.63. The number of hydrogen-bond acceptors (Lipinski definition) is 5. The molecule has 0 aliphatic rings. The monoisotopic (exact) mass is 210 g/mol. The van der Waals surface area contributed by atoms with Crippen LogP contribution in [-0.2, 0) is 6.42 Å². The Kier molecular flexibility index (Phi) is 2.53. The minimum atomic E-state index is -0.185. The largest absolute Gasteiger partial charge is 0.309 e. The van der Waals surface area contributed by atoms with Gasteiger partial charge in [0.05, 0.1) is 0 Å². The predicted molar refractivity (Wildman–Crippen MR) is 54.4 cm³/mol. The Hall–Kier alpha value is -1.30. The van der Waals surface area contributed by atoms with E-state index >= 15 is 0 Å². The Labute approximate surface area is 84.4 Å². The lowest BCUT2D eigenvalue weighted by atomic mass is 10.2. The van der Waals surface area contributed by atoms with Crippen LogP contribution in [-0.4, -0.2) is 19.6 Å². The maximum atomic E-state index is 11.4. The van der Waals surface area contributed by atoms with E-state index in [4.69, 9.17) is 0 Å². The SMILES string of the molecule is CCCCc1nc2snnc2c(=O)[nH]1. The molecule has 0 amide bonds. The Morgan fingerprint density at radius 2 is 2.36 bits per heavy atom. The lowest BCUT2D eigenvalue weighted by molar-refractivity contribution is 0.753. The number of aromatic nitrogens is 4. The van der Waals surface area contributed by atoms with Crippen LogP contribution >= 0.6 is 11.5 Å². The molecule has 0 saturated heterocycles. The minimum absolute atomic E-state index is 0.185. The zero-order valence-corrected chi connectivity index (χ0v) is 8.60. The van der Waals surface area contributed by atoms with Crippen molar-refractivity contribution in [1.29, 1.82) is 0 Å². The summed E-state index contributed by atoms with van der Waals surface area (Å²) in [5.74, 6) is 0.732. The summed E-state index contributed by atoms with van der Waals surface area (Å²) >= 11 is 1.16. The average molecular weight is 210 g/mol. The van der Waals surface area contributed by atoms with Gasteiger partial charge < -0.3 is 4.98 Å². The van der Waals surface area contributed by atoms with Gasteiger partial charge in [0.2, 0.25) is 0 Å². The van der Waals surface area contributed by atoms with Crippen molar-refractivity contribution in [3.8, 4) is 0 Å². The molecule has 2 heterocycles. The first-order chi connectivity index (χ1) is 6.81. The van der Waals surface area contributed by atoms with Crippen LogP contribution in [0.2, 0.25) is 0 Å². The Bertz CT molecular complexity index is 489. The minimum Gasteiger partial charge on any atom is -0.309 e. The third-order valence-corrected chi connectivity index (χ3v) is 2.57. The highest BCUT2D eigenvalue weighted by Gasteiger charge is 2.06. The number of unbranched alkanes of at least 4 members (excludes halogenated alkanes) is 1. The number of aromatic amines is 1. The molecule has 74 valence electrons. The molecular weight excluding hydrogens is 200 g/mol. The molecule has 0 aliphatic carbocycles. The van der Waals surface area contributed by atoms with E-state index in [-0.39, 0.29) is 5.56 Å². The quantitative estimate of drug-likeness (QED) is 0.824. The van der Waals surface area contributed by atoms with Gasteiger partial charge in [-0.25, -0.2) is 4.98 Å². The summed E-state index contributed by atoms with van der Waals surface area (Å²) in [5, 5.41) is 3.70. The molecule has 0 fully saturated rings. The van der Waals surface area contributed by atoms with E-state index in [9.17, 15) is 4.79 Å². The van der Waals surface area contributed by atoms with E-state index in [2.05, 4.69) is 26.5 Å². The first-order valence-electron chi connectivity index (χ1n) is 4.52. The fraction of sp³-hybridized carbons (Fsp3) is 0.500. The molecular formula is C8H10N4OS. The summed E-state index contributed by atoms with van der Waals surface area (Å²) in [6.45, 7) is 2.10. The normalized spacial score (nSPS) is 10.9. The molecule has 2 aromatic heterocycles. The van der Waals surface area contributed by atoms with E-state index < -0.39 is 0 Å². The highest BCUT2D eigenvalue weighted by molar-refractivity contribution is 7.12. The van der Waals surface area contributed by atoms with Crippen LogP contribution in [0.1, 0.15) is 25.6 Å². The Morgan fingerprint density at radius 1 is 1.50 bits per heavy atom. The standard InChI is InChI=1S/C8H10N4OS/c1-2-3-4-5-9-7(13)6-8(10-5)14-12-11-6/h2-4H2,1H3,(H,9,10,13). The zero-order valence-electron chi connectivity index (χ0n) is 7.78. The van der Waals surface area contributed by atoms with Gasteiger partial charge >= 0.3 is 0 Å². The van der Waals surface area contributed by atoms with Crippen LogP contribution in [0.3, 0.4) is 0 Å². The number of rotatable bonds is 3. The first-order valence-corrected chi connectivity index (χ1v) is 5.30. The van der Waals surface area contributed by atoms with E-state index in [0.717, 1.165) is 36.6 Å². The highest BCUT2D eigenvalue weighted by atomic mass is 32.1. The molecule has 6 heteroatoms. The number of nitrogens with one attached hydrogen (secondary N) is 1. The van der Waals surface area contributed by atoms with Gasteiger partial charge in [0.15, 0.2) is 10.3 Å². The van der Waals surface area contributed by atoms with Crippen molar-refractivity contribution in [2.24, 2.45) is 0 Å². The molecule has 0 bridgehead atoms. The second-order valence-corrected chi connectivity index (χ2v) is 3.78. The Morgan fingerprint density at radius 3 is 3.14 bits per heavy atom. The van der Waals surface area contributed by atoms with Crippen LogP contribution < -0.4 is 5.56 Å². The molecule has 1 N–H and O–H groups in total. The molecule has 14 heavy (non-hydrogen) atoms. The molecule has 2 aromatic rings. The molecule has 0 saturated carbocycles. The molecule has 0 aromatic carbocycles. The van der Waals surface area contributed by atoms with Crippen LogP contribution in [0.15, 0.2) is 4.79 Å². The topological polar surface area (TPSA) is 71.5 Å². The van der Waals surface area contributed by atoms with Gasteiger partial charge in [0.25, 0.3) is 5.56 Å². The van der Waals surface area contributed by atoms with Gasteiger partial charge in [-0.15, -0.1) is 5.10 Å². The molecule has 5 nitrogen and oxygen atoms in total. The first kappa shape index (κ1) is 9.26. The number of H-pyrrole nitrogens is 1. The van der Waals surface area contributed by atoms with E-state index in [1.54, 1.807) is 0 Å². The lowest BCUT2D eigenvalue weighted by Crippen LogP contribution is -2.11. The van der Waals surface area contributed by atoms with E-state index in [1.165, 1.54) is 0 Å². The fourth-order valence-corrected chi connectivity index (χ4v) is 1.78. The summed E-state index contributed by atoms with van der Waals surface area (Å²) in [6, 6.07) is 0. The van der Waals surface area contributed by atoms with Gasteiger partial charge in [-0.3, -0.25) is 4.79 Å². The second-order valence-electron chi connectivity index (χ2n) is 3.04. The van der Waals surface area contributed by atoms with Crippen LogP contribution in [0.25, 0.3) is 10.3 Å². The lowest BCUT2D eigenvalue weighted by Gasteiger charge is -1.97. The van der Waals surface area contributed by atoms with Crippen LogP contribution in [0.5, 0.6) is 0 Å². The van der Waals surface area contributed by atoms with Crippen molar-refractivity contribution in [2.45, 2.75) is 26.2 Å². The summed E-state index contributed by atoms with van der Waals surface area (Å²) in [7, 11) is 0. The summed E-state index contributed by atoms with van der Waals surface area (Å²) in [4.78, 5) is 19.0. The smallest absolute Gasteiger partial charge is 0.280 e. The third kappa shape index (κ3) is 1.65. The van der Waals surface area contributed by atoms with E-state index in [1.807, 2.05) is 0 Å². The van der Waals surface area contributed by atoms with Crippen LogP contribution in [0, 0.1) is 0 Å². The maximum Gasteiger partial charge on any atom is 0.280 e.